The number of aromatic nitrogens is 1. The first kappa shape index (κ1) is 20.0. The summed E-state index contributed by atoms with van der Waals surface area (Å²) in [7, 11) is 0. The van der Waals surface area contributed by atoms with Gasteiger partial charge in [0.15, 0.2) is 5.78 Å². The predicted octanol–water partition coefficient (Wildman–Crippen LogP) is 4.64. The number of aromatic amines is 1. The van der Waals surface area contributed by atoms with Crippen LogP contribution in [0.25, 0.3) is 22.2 Å². The number of carbonyl (C=O) groups excluding carboxylic acids is 2. The van der Waals surface area contributed by atoms with E-state index in [9.17, 15) is 14.0 Å². The standard InChI is InChI=1S/C26H22FN3O2/c27-17-11-9-16(10-12-17)25-24(20-6-1-3-7-21(20)29-25)23(31)15-30-14-13-19(26(28)32)18-5-2-4-8-22(18)30/h1-12,19,29H,13-15H2,(H2,28,32). The minimum Gasteiger partial charge on any atom is -0.369 e. The fraction of sp³-hybridized carbons (Fsp3) is 0.154. The molecular weight excluding hydrogens is 405 g/mol. The number of rotatable bonds is 5. The minimum atomic E-state index is -0.348. The molecule has 0 radical (unpaired) electrons. The summed E-state index contributed by atoms with van der Waals surface area (Å²) in [5.41, 5.74) is 10.2. The van der Waals surface area contributed by atoms with Gasteiger partial charge in [-0.05, 0) is 53.9 Å². The number of nitrogens with one attached hydrogen (secondary N) is 1. The lowest BCUT2D eigenvalue weighted by molar-refractivity contribution is -0.119. The van der Waals surface area contributed by atoms with E-state index >= 15 is 0 Å². The molecule has 32 heavy (non-hydrogen) atoms. The van der Waals surface area contributed by atoms with Crippen LogP contribution in [0.2, 0.25) is 0 Å². The average Bonchev–Trinajstić information content (AvgIpc) is 3.19. The number of ketones is 1. The number of hydrogen-bond donors (Lipinski definition) is 2. The smallest absolute Gasteiger partial charge is 0.225 e. The normalized spacial score (nSPS) is 15.5. The van der Waals surface area contributed by atoms with Crippen LogP contribution >= 0.6 is 0 Å². The average molecular weight is 427 g/mol. The molecule has 3 aromatic carbocycles. The van der Waals surface area contributed by atoms with Gasteiger partial charge in [-0.3, -0.25) is 9.59 Å². The van der Waals surface area contributed by atoms with E-state index in [1.165, 1.54) is 12.1 Å². The summed E-state index contributed by atoms with van der Waals surface area (Å²) in [5, 5.41) is 0.831. The van der Waals surface area contributed by atoms with Gasteiger partial charge in [0, 0.05) is 23.1 Å². The van der Waals surface area contributed by atoms with Crippen molar-refractivity contribution < 1.29 is 14.0 Å². The molecule has 0 aliphatic carbocycles. The Balaban J connectivity index is 1.55. The van der Waals surface area contributed by atoms with Crippen molar-refractivity contribution in [1.82, 2.24) is 4.98 Å². The van der Waals surface area contributed by atoms with Crippen LogP contribution in [0.4, 0.5) is 10.1 Å². The third-order valence-electron chi connectivity index (χ3n) is 6.14. The molecular formula is C26H22FN3O2. The molecule has 3 N–H and O–H groups in total. The number of benzene rings is 3. The highest BCUT2D eigenvalue weighted by atomic mass is 19.1. The molecule has 1 aromatic heterocycles. The number of nitrogens with two attached hydrogens (primary N) is 1. The molecule has 1 amide bonds. The quantitative estimate of drug-likeness (QED) is 0.456. The summed E-state index contributed by atoms with van der Waals surface area (Å²) in [6.45, 7) is 0.725. The Morgan fingerprint density at radius 1 is 1.00 bits per heavy atom. The number of para-hydroxylation sites is 2. The summed E-state index contributed by atoms with van der Waals surface area (Å²) in [6.07, 6.45) is 0.568. The maximum Gasteiger partial charge on any atom is 0.225 e. The van der Waals surface area contributed by atoms with Gasteiger partial charge in [0.1, 0.15) is 5.82 Å². The van der Waals surface area contributed by atoms with Gasteiger partial charge in [-0.25, -0.2) is 4.39 Å². The summed E-state index contributed by atoms with van der Waals surface area (Å²) in [4.78, 5) is 30.9. The number of fused-ring (bicyclic) bond motifs is 2. The second-order valence-electron chi connectivity index (χ2n) is 8.07. The van der Waals surface area contributed by atoms with Crippen molar-refractivity contribution in [3.63, 3.8) is 0 Å². The van der Waals surface area contributed by atoms with E-state index in [-0.39, 0.29) is 30.0 Å². The van der Waals surface area contributed by atoms with Gasteiger partial charge in [-0.2, -0.15) is 0 Å². The van der Waals surface area contributed by atoms with Gasteiger partial charge in [0.05, 0.1) is 23.7 Å². The van der Waals surface area contributed by atoms with Crippen LogP contribution in [-0.4, -0.2) is 29.8 Å². The molecule has 0 saturated heterocycles. The number of Topliss-reactive ketones (excluding diaryl/α,β-unsaturated/α-hetero) is 1. The Labute approximate surface area is 184 Å². The summed E-state index contributed by atoms with van der Waals surface area (Å²) in [5.74, 6) is -1.07. The monoisotopic (exact) mass is 427 g/mol. The maximum absolute atomic E-state index is 13.6. The third-order valence-corrected chi connectivity index (χ3v) is 6.14. The van der Waals surface area contributed by atoms with Crippen LogP contribution in [0, 0.1) is 5.82 Å². The molecule has 5 rings (SSSR count). The SMILES string of the molecule is NC(=O)C1CCN(CC(=O)c2c(-c3ccc(F)cc3)[nH]c3ccccc23)c2ccccc21. The van der Waals surface area contributed by atoms with E-state index in [0.717, 1.165) is 27.7 Å². The van der Waals surface area contributed by atoms with Crippen LogP contribution in [0.1, 0.15) is 28.3 Å². The number of anilines is 1. The van der Waals surface area contributed by atoms with Gasteiger partial charge in [-0.1, -0.05) is 36.4 Å². The minimum absolute atomic E-state index is 0.0471. The molecule has 0 bridgehead atoms. The third kappa shape index (κ3) is 3.43. The van der Waals surface area contributed by atoms with E-state index in [1.54, 1.807) is 12.1 Å². The van der Waals surface area contributed by atoms with E-state index in [1.807, 2.05) is 53.4 Å². The molecule has 1 unspecified atom stereocenters. The largest absolute Gasteiger partial charge is 0.369 e. The van der Waals surface area contributed by atoms with Gasteiger partial charge < -0.3 is 15.6 Å². The van der Waals surface area contributed by atoms with Crippen molar-refractivity contribution >= 4 is 28.3 Å². The van der Waals surface area contributed by atoms with Crippen molar-refractivity contribution in [3.8, 4) is 11.3 Å². The predicted molar refractivity (Wildman–Crippen MR) is 123 cm³/mol. The number of hydrogen-bond acceptors (Lipinski definition) is 3. The van der Waals surface area contributed by atoms with Crippen molar-refractivity contribution in [3.05, 3.63) is 89.7 Å². The van der Waals surface area contributed by atoms with Gasteiger partial charge in [0.2, 0.25) is 5.91 Å². The first-order chi connectivity index (χ1) is 15.5. The summed E-state index contributed by atoms with van der Waals surface area (Å²) >= 11 is 0. The molecule has 1 aliphatic heterocycles. The Morgan fingerprint density at radius 3 is 2.50 bits per heavy atom. The number of halogens is 1. The molecule has 0 spiro atoms. The van der Waals surface area contributed by atoms with Crippen LogP contribution in [0.3, 0.4) is 0 Å². The van der Waals surface area contributed by atoms with Crippen LogP contribution < -0.4 is 10.6 Å². The molecule has 5 nitrogen and oxygen atoms in total. The molecule has 1 atom stereocenters. The van der Waals surface area contributed by atoms with E-state index in [2.05, 4.69) is 4.98 Å². The van der Waals surface area contributed by atoms with Gasteiger partial charge >= 0.3 is 0 Å². The molecule has 4 aromatic rings. The lowest BCUT2D eigenvalue weighted by atomic mass is 9.89. The van der Waals surface area contributed by atoms with Gasteiger partial charge in [-0.15, -0.1) is 0 Å². The number of nitrogens with zero attached hydrogens (tertiary/aromatic N) is 1. The first-order valence-corrected chi connectivity index (χ1v) is 10.6. The summed E-state index contributed by atoms with van der Waals surface area (Å²) in [6, 6.07) is 21.4. The second kappa shape index (κ2) is 7.96. The highest BCUT2D eigenvalue weighted by Gasteiger charge is 2.30. The lowest BCUT2D eigenvalue weighted by Crippen LogP contribution is -2.38. The van der Waals surface area contributed by atoms with Crippen LogP contribution in [0.5, 0.6) is 0 Å². The van der Waals surface area contributed by atoms with Crippen molar-refractivity contribution in [2.75, 3.05) is 18.0 Å². The van der Waals surface area contributed by atoms with Crippen LogP contribution in [0.15, 0.2) is 72.8 Å². The molecule has 0 fully saturated rings. The number of primary amides is 1. The highest BCUT2D eigenvalue weighted by Crippen LogP contribution is 2.36. The van der Waals surface area contributed by atoms with E-state index in [0.29, 0.717) is 24.2 Å². The molecule has 0 saturated carbocycles. The molecule has 6 heteroatoms. The van der Waals surface area contributed by atoms with Crippen molar-refractivity contribution in [1.29, 1.82) is 0 Å². The Morgan fingerprint density at radius 2 is 1.72 bits per heavy atom. The number of H-pyrrole nitrogens is 1. The molecule has 1 aliphatic rings. The zero-order chi connectivity index (χ0) is 22.2. The topological polar surface area (TPSA) is 79.2 Å². The first-order valence-electron chi connectivity index (χ1n) is 10.6. The van der Waals surface area contributed by atoms with Crippen molar-refractivity contribution in [2.45, 2.75) is 12.3 Å². The molecule has 2 heterocycles. The zero-order valence-corrected chi connectivity index (χ0v) is 17.3. The van der Waals surface area contributed by atoms with Gasteiger partial charge in [0.25, 0.3) is 0 Å². The van der Waals surface area contributed by atoms with E-state index in [4.69, 9.17) is 5.73 Å². The van der Waals surface area contributed by atoms with Crippen molar-refractivity contribution in [2.24, 2.45) is 5.73 Å². The Hall–Kier alpha value is -3.93. The highest BCUT2D eigenvalue weighted by molar-refractivity contribution is 6.14. The molecule has 160 valence electrons. The Kier molecular flexibility index (Phi) is 4.98. The van der Waals surface area contributed by atoms with Crippen LogP contribution in [-0.2, 0) is 4.79 Å². The zero-order valence-electron chi connectivity index (χ0n) is 17.3. The number of carbonyl (C=O) groups is 2. The Bertz CT molecular complexity index is 1330. The fourth-order valence-electron chi connectivity index (χ4n) is 4.61. The van der Waals surface area contributed by atoms with E-state index < -0.39 is 0 Å². The fourth-order valence-corrected chi connectivity index (χ4v) is 4.61. The number of amides is 1. The summed E-state index contributed by atoms with van der Waals surface area (Å²) < 4.78 is 13.5. The lowest BCUT2D eigenvalue weighted by Gasteiger charge is -2.34. The second-order valence-corrected chi connectivity index (χ2v) is 8.07. The maximum atomic E-state index is 13.6.